The van der Waals surface area contributed by atoms with E-state index in [0.717, 1.165) is 10.5 Å². The number of hydrogen-bond donors (Lipinski definition) is 1. The average molecular weight is 380 g/mol. The van der Waals surface area contributed by atoms with Crippen LogP contribution in [0.25, 0.3) is 6.08 Å². The summed E-state index contributed by atoms with van der Waals surface area (Å²) in [4.78, 5) is 37.3. The van der Waals surface area contributed by atoms with Gasteiger partial charge < -0.3 is 4.74 Å². The summed E-state index contributed by atoms with van der Waals surface area (Å²) in [7, 11) is 0. The van der Waals surface area contributed by atoms with Gasteiger partial charge in [-0.15, -0.1) is 6.58 Å². The van der Waals surface area contributed by atoms with Gasteiger partial charge in [-0.2, -0.15) is 0 Å². The molecular weight excluding hydrogens is 363 g/mol. The zero-order valence-corrected chi connectivity index (χ0v) is 14.9. The molecule has 0 bridgehead atoms. The van der Waals surface area contributed by atoms with Gasteiger partial charge in [-0.05, 0) is 29.8 Å². The van der Waals surface area contributed by atoms with Crippen molar-refractivity contribution in [2.45, 2.75) is 6.61 Å². The Morgan fingerprint density at radius 2 is 1.79 bits per heavy atom. The molecule has 4 amide bonds. The van der Waals surface area contributed by atoms with Gasteiger partial charge in [-0.3, -0.25) is 19.8 Å². The summed E-state index contributed by atoms with van der Waals surface area (Å²) in [6.45, 7) is 3.67. The van der Waals surface area contributed by atoms with Gasteiger partial charge in [0.15, 0.2) is 0 Å². The number of nitrogens with one attached hydrogen (secondary N) is 1. The lowest BCUT2D eigenvalue weighted by molar-refractivity contribution is -0.129. The monoisotopic (exact) mass is 380 g/mol. The molecule has 2 aromatic rings. The molecule has 3 rings (SSSR count). The Morgan fingerprint density at radius 3 is 2.50 bits per heavy atom. The molecule has 7 heteroatoms. The maximum Gasteiger partial charge on any atom is 0.331 e. The van der Waals surface area contributed by atoms with Crippen molar-refractivity contribution in [2.24, 2.45) is 0 Å². The lowest BCUT2D eigenvalue weighted by Crippen LogP contribution is -2.54. The summed E-state index contributed by atoms with van der Waals surface area (Å²) in [5, 5.41) is 2.13. The topological polar surface area (TPSA) is 75.7 Å². The van der Waals surface area contributed by atoms with Crippen molar-refractivity contribution < 1.29 is 23.5 Å². The van der Waals surface area contributed by atoms with Gasteiger partial charge in [-0.1, -0.05) is 36.4 Å². The fourth-order valence-electron chi connectivity index (χ4n) is 2.62. The summed E-state index contributed by atoms with van der Waals surface area (Å²) < 4.78 is 18.8. The first-order chi connectivity index (χ1) is 13.5. The molecule has 0 saturated carbocycles. The summed E-state index contributed by atoms with van der Waals surface area (Å²) in [5.74, 6) is -1.38. The van der Waals surface area contributed by atoms with Gasteiger partial charge in [0.25, 0.3) is 11.8 Å². The number of hydrogen-bond acceptors (Lipinski definition) is 4. The highest BCUT2D eigenvalue weighted by molar-refractivity contribution is 6.31. The number of rotatable bonds is 6. The summed E-state index contributed by atoms with van der Waals surface area (Å²) >= 11 is 0. The van der Waals surface area contributed by atoms with Crippen molar-refractivity contribution in [3.05, 3.63) is 83.7 Å². The van der Waals surface area contributed by atoms with Gasteiger partial charge in [0.05, 0.1) is 0 Å². The first-order valence-corrected chi connectivity index (χ1v) is 8.45. The minimum Gasteiger partial charge on any atom is -0.488 e. The van der Waals surface area contributed by atoms with Gasteiger partial charge in [0.1, 0.15) is 23.7 Å². The number of amides is 4. The first-order valence-electron chi connectivity index (χ1n) is 8.45. The van der Waals surface area contributed by atoms with E-state index in [9.17, 15) is 18.8 Å². The highest BCUT2D eigenvalue weighted by atomic mass is 19.1. The van der Waals surface area contributed by atoms with Crippen LogP contribution in [0.15, 0.2) is 66.8 Å². The van der Waals surface area contributed by atoms with Crippen molar-refractivity contribution >= 4 is 23.9 Å². The molecule has 0 atom stereocenters. The highest BCUT2D eigenvalue weighted by Crippen LogP contribution is 2.24. The van der Waals surface area contributed by atoms with E-state index in [-0.39, 0.29) is 24.5 Å². The van der Waals surface area contributed by atoms with E-state index < -0.39 is 17.8 Å². The van der Waals surface area contributed by atoms with Crippen molar-refractivity contribution in [2.75, 3.05) is 6.54 Å². The van der Waals surface area contributed by atoms with E-state index in [0.29, 0.717) is 11.3 Å². The molecule has 0 radical (unpaired) electrons. The third-order valence-electron chi connectivity index (χ3n) is 4.02. The number of benzene rings is 2. The Labute approximate surface area is 160 Å². The van der Waals surface area contributed by atoms with Crippen molar-refractivity contribution in [1.29, 1.82) is 0 Å². The van der Waals surface area contributed by atoms with Crippen LogP contribution in [0, 0.1) is 5.82 Å². The number of carbonyl (C=O) groups is 3. The molecule has 6 nitrogen and oxygen atoms in total. The number of ether oxygens (including phenoxy) is 1. The van der Waals surface area contributed by atoms with Crippen LogP contribution in [0.5, 0.6) is 5.75 Å². The fourth-order valence-corrected chi connectivity index (χ4v) is 2.62. The zero-order chi connectivity index (χ0) is 20.1. The van der Waals surface area contributed by atoms with Crippen LogP contribution in [0.3, 0.4) is 0 Å². The molecule has 0 unspecified atom stereocenters. The second kappa shape index (κ2) is 8.30. The molecule has 1 fully saturated rings. The van der Waals surface area contributed by atoms with Crippen LogP contribution in [0.4, 0.5) is 9.18 Å². The first kappa shape index (κ1) is 19.0. The van der Waals surface area contributed by atoms with Gasteiger partial charge >= 0.3 is 6.03 Å². The molecule has 1 N–H and O–H groups in total. The summed E-state index contributed by atoms with van der Waals surface area (Å²) in [6.07, 6.45) is 2.77. The molecular formula is C21H17FN2O4. The van der Waals surface area contributed by atoms with Crippen LogP contribution in [-0.4, -0.2) is 29.3 Å². The molecule has 1 aliphatic heterocycles. The standard InChI is InChI=1S/C21H17FN2O4/c1-2-11-24-20(26)17(19(25)23-21(24)27)12-15-5-3-4-6-18(15)28-13-14-7-9-16(22)10-8-14/h2-10,12H,1,11,13H2,(H,23,25,27)/b17-12+. The van der Waals surface area contributed by atoms with Crippen molar-refractivity contribution in [1.82, 2.24) is 10.2 Å². The van der Waals surface area contributed by atoms with Crippen LogP contribution in [0.1, 0.15) is 11.1 Å². The predicted molar refractivity (Wildman–Crippen MR) is 101 cm³/mol. The summed E-state index contributed by atoms with van der Waals surface area (Å²) in [6, 6.07) is 11.9. The molecule has 1 aliphatic rings. The van der Waals surface area contributed by atoms with Crippen molar-refractivity contribution in [3.8, 4) is 5.75 Å². The van der Waals surface area contributed by atoms with E-state index in [1.807, 2.05) is 0 Å². The SMILES string of the molecule is C=CCN1C(=O)NC(=O)/C(=C\c2ccccc2OCc2ccc(F)cc2)C1=O. The van der Waals surface area contributed by atoms with Crippen LogP contribution in [-0.2, 0) is 16.2 Å². The second-order valence-corrected chi connectivity index (χ2v) is 5.97. The lowest BCUT2D eigenvalue weighted by Gasteiger charge is -2.25. The normalized spacial score (nSPS) is 15.5. The third kappa shape index (κ3) is 4.15. The molecule has 1 saturated heterocycles. The molecule has 0 aromatic heterocycles. The predicted octanol–water partition coefficient (Wildman–Crippen LogP) is 3.05. The Morgan fingerprint density at radius 1 is 1.07 bits per heavy atom. The largest absolute Gasteiger partial charge is 0.488 e. The number of carbonyl (C=O) groups excluding carboxylic acids is 3. The van der Waals surface area contributed by atoms with E-state index in [4.69, 9.17) is 4.74 Å². The minimum absolute atomic E-state index is 0.0159. The number of imide groups is 2. The minimum atomic E-state index is -0.784. The molecule has 2 aromatic carbocycles. The smallest absolute Gasteiger partial charge is 0.331 e. The highest BCUT2D eigenvalue weighted by Gasteiger charge is 2.35. The third-order valence-corrected chi connectivity index (χ3v) is 4.02. The lowest BCUT2D eigenvalue weighted by atomic mass is 10.1. The van der Waals surface area contributed by atoms with Gasteiger partial charge in [0, 0.05) is 12.1 Å². The number of para-hydroxylation sites is 1. The molecule has 1 heterocycles. The van der Waals surface area contributed by atoms with Crippen molar-refractivity contribution in [3.63, 3.8) is 0 Å². The Hall–Kier alpha value is -3.74. The number of urea groups is 1. The van der Waals surface area contributed by atoms with Crippen LogP contribution >= 0.6 is 0 Å². The molecule has 142 valence electrons. The quantitative estimate of drug-likeness (QED) is 0.475. The summed E-state index contributed by atoms with van der Waals surface area (Å²) in [5.41, 5.74) is 1.08. The number of nitrogens with zero attached hydrogens (tertiary/aromatic N) is 1. The molecule has 28 heavy (non-hydrogen) atoms. The van der Waals surface area contributed by atoms with E-state index in [2.05, 4.69) is 11.9 Å². The fraction of sp³-hybridized carbons (Fsp3) is 0.0952. The Bertz CT molecular complexity index is 967. The van der Waals surface area contributed by atoms with E-state index in [1.165, 1.54) is 24.3 Å². The molecule has 0 aliphatic carbocycles. The zero-order valence-electron chi connectivity index (χ0n) is 14.9. The van der Waals surface area contributed by atoms with E-state index >= 15 is 0 Å². The van der Waals surface area contributed by atoms with Gasteiger partial charge in [0.2, 0.25) is 0 Å². The number of halogens is 1. The van der Waals surface area contributed by atoms with E-state index in [1.54, 1.807) is 36.4 Å². The molecule has 0 spiro atoms. The van der Waals surface area contributed by atoms with Gasteiger partial charge in [-0.25, -0.2) is 9.18 Å². The average Bonchev–Trinajstić information content (AvgIpc) is 2.69. The maximum absolute atomic E-state index is 13.0. The maximum atomic E-state index is 13.0. The van der Waals surface area contributed by atoms with Crippen LogP contribution < -0.4 is 10.1 Å². The van der Waals surface area contributed by atoms with Crippen LogP contribution in [0.2, 0.25) is 0 Å². The second-order valence-electron chi connectivity index (χ2n) is 5.97. The number of barbiturate groups is 1. The Balaban J connectivity index is 1.86. The Kier molecular flexibility index (Phi) is 5.64.